The van der Waals surface area contributed by atoms with E-state index in [1.54, 1.807) is 0 Å². The second-order valence-corrected chi connectivity index (χ2v) is 6.87. The number of hydrogen-bond donors (Lipinski definition) is 1. The zero-order chi connectivity index (χ0) is 13.3. The van der Waals surface area contributed by atoms with Crippen LogP contribution in [0.1, 0.15) is 23.7 Å². The first-order chi connectivity index (χ1) is 8.52. The van der Waals surface area contributed by atoms with Crippen LogP contribution in [-0.4, -0.2) is 29.9 Å². The van der Waals surface area contributed by atoms with Crippen molar-refractivity contribution < 1.29 is 4.79 Å². The van der Waals surface area contributed by atoms with Crippen LogP contribution >= 0.6 is 38.5 Å². The smallest absolute Gasteiger partial charge is 0.255 e. The summed E-state index contributed by atoms with van der Waals surface area (Å²) >= 11 is 5.68. The van der Waals surface area contributed by atoms with E-state index in [4.69, 9.17) is 5.73 Å². The normalized spacial score (nSPS) is 23.4. The van der Waals surface area contributed by atoms with Gasteiger partial charge in [0.2, 0.25) is 0 Å². The third-order valence-corrected chi connectivity index (χ3v) is 4.78. The van der Waals surface area contributed by atoms with Gasteiger partial charge >= 0.3 is 0 Å². The molecule has 1 saturated heterocycles. The Bertz CT molecular complexity index is 466. The van der Waals surface area contributed by atoms with Gasteiger partial charge in [-0.2, -0.15) is 0 Å². The lowest BCUT2D eigenvalue weighted by Crippen LogP contribution is -2.34. The lowest BCUT2D eigenvalue weighted by atomic mass is 10.1. The summed E-state index contributed by atoms with van der Waals surface area (Å²) in [6.07, 6.45) is 1.00. The van der Waals surface area contributed by atoms with Crippen molar-refractivity contribution in [1.82, 2.24) is 4.90 Å². The number of rotatable bonds is 2. The number of halogens is 2. The van der Waals surface area contributed by atoms with Crippen molar-refractivity contribution in [2.75, 3.05) is 13.1 Å². The number of benzene rings is 1. The van der Waals surface area contributed by atoms with E-state index in [0.717, 1.165) is 26.6 Å². The molecule has 2 unspecified atom stereocenters. The Morgan fingerprint density at radius 2 is 2.33 bits per heavy atom. The van der Waals surface area contributed by atoms with E-state index in [1.165, 1.54) is 0 Å². The van der Waals surface area contributed by atoms with Gasteiger partial charge in [-0.05, 0) is 82.5 Å². The highest BCUT2D eigenvalue weighted by Crippen LogP contribution is 2.27. The van der Waals surface area contributed by atoms with E-state index in [0.29, 0.717) is 12.5 Å². The molecule has 2 rings (SSSR count). The van der Waals surface area contributed by atoms with Crippen LogP contribution in [0, 0.1) is 9.49 Å². The van der Waals surface area contributed by atoms with Gasteiger partial charge in [0.15, 0.2) is 0 Å². The quantitative estimate of drug-likeness (QED) is 0.745. The number of carbonyl (C=O) groups is 1. The average molecular weight is 423 g/mol. The maximum absolute atomic E-state index is 12.5. The van der Waals surface area contributed by atoms with Crippen molar-refractivity contribution in [3.8, 4) is 0 Å². The molecule has 0 radical (unpaired) electrons. The molecule has 98 valence electrons. The molecular weight excluding hydrogens is 407 g/mol. The zero-order valence-electron chi connectivity index (χ0n) is 10.2. The minimum atomic E-state index is 0.101. The van der Waals surface area contributed by atoms with E-state index in [9.17, 15) is 4.79 Å². The van der Waals surface area contributed by atoms with Gasteiger partial charge in [0.05, 0.1) is 5.56 Å². The molecule has 0 bridgehead atoms. The van der Waals surface area contributed by atoms with Gasteiger partial charge in [0, 0.05) is 20.6 Å². The number of nitrogens with zero attached hydrogens (tertiary/aromatic N) is 1. The van der Waals surface area contributed by atoms with Crippen LogP contribution in [0.3, 0.4) is 0 Å². The Morgan fingerprint density at radius 1 is 1.61 bits per heavy atom. The number of amides is 1. The number of nitrogens with two attached hydrogens (primary N) is 1. The van der Waals surface area contributed by atoms with Gasteiger partial charge in [-0.15, -0.1) is 0 Å². The largest absolute Gasteiger partial charge is 0.336 e. The molecule has 0 saturated carbocycles. The van der Waals surface area contributed by atoms with Crippen molar-refractivity contribution in [3.05, 3.63) is 31.8 Å². The molecule has 1 fully saturated rings. The summed E-state index contributed by atoms with van der Waals surface area (Å²) in [5.41, 5.74) is 6.44. The average Bonchev–Trinajstić information content (AvgIpc) is 2.73. The molecule has 3 nitrogen and oxygen atoms in total. The Labute approximate surface area is 129 Å². The number of hydrogen-bond acceptors (Lipinski definition) is 2. The number of carbonyl (C=O) groups excluding carboxylic acids is 1. The molecule has 1 aliphatic rings. The second kappa shape index (κ2) is 5.88. The molecule has 0 aliphatic carbocycles. The predicted octanol–water partition coefficient (Wildman–Crippen LogP) is 2.86. The Morgan fingerprint density at radius 3 is 2.94 bits per heavy atom. The van der Waals surface area contributed by atoms with Crippen LogP contribution in [0.2, 0.25) is 0 Å². The minimum absolute atomic E-state index is 0.101. The summed E-state index contributed by atoms with van der Waals surface area (Å²) < 4.78 is 1.93. The maximum Gasteiger partial charge on any atom is 0.255 e. The van der Waals surface area contributed by atoms with Crippen LogP contribution in [0.15, 0.2) is 22.7 Å². The standard InChI is InChI=1S/C13H16BrIN2O/c1-8-4-9(6-16)7-17(8)13(18)11-5-10(15)2-3-12(11)14/h2-3,5,8-9H,4,6-7,16H2,1H3. The summed E-state index contributed by atoms with van der Waals surface area (Å²) in [5, 5.41) is 0. The fourth-order valence-corrected chi connectivity index (χ4v) is 3.32. The molecule has 2 atom stereocenters. The highest BCUT2D eigenvalue weighted by atomic mass is 127. The first-order valence-corrected chi connectivity index (χ1v) is 7.86. The molecule has 2 N–H and O–H groups in total. The van der Waals surface area contributed by atoms with Crippen molar-refractivity contribution in [2.45, 2.75) is 19.4 Å². The van der Waals surface area contributed by atoms with Crippen molar-refractivity contribution >= 4 is 44.4 Å². The van der Waals surface area contributed by atoms with Gasteiger partial charge in [-0.25, -0.2) is 0 Å². The Hall–Kier alpha value is -0.140. The van der Waals surface area contributed by atoms with E-state index >= 15 is 0 Å². The van der Waals surface area contributed by atoms with Gasteiger partial charge in [-0.3, -0.25) is 4.79 Å². The van der Waals surface area contributed by atoms with Crippen LogP contribution in [0.4, 0.5) is 0 Å². The topological polar surface area (TPSA) is 46.3 Å². The maximum atomic E-state index is 12.5. The molecule has 18 heavy (non-hydrogen) atoms. The molecule has 1 heterocycles. The lowest BCUT2D eigenvalue weighted by molar-refractivity contribution is 0.0742. The summed E-state index contributed by atoms with van der Waals surface area (Å²) in [7, 11) is 0. The Balaban J connectivity index is 2.24. The summed E-state index contributed by atoms with van der Waals surface area (Å²) in [5.74, 6) is 0.536. The highest BCUT2D eigenvalue weighted by molar-refractivity contribution is 14.1. The third-order valence-electron chi connectivity index (χ3n) is 3.41. The number of likely N-dealkylation sites (tertiary alicyclic amines) is 1. The molecule has 5 heteroatoms. The molecule has 1 aromatic rings. The van der Waals surface area contributed by atoms with Crippen LogP contribution in [0.5, 0.6) is 0 Å². The summed E-state index contributed by atoms with van der Waals surface area (Å²) in [6.45, 7) is 3.52. The Kier molecular flexibility index (Phi) is 4.66. The first kappa shape index (κ1) is 14.3. The lowest BCUT2D eigenvalue weighted by Gasteiger charge is -2.22. The second-order valence-electron chi connectivity index (χ2n) is 4.77. The van der Waals surface area contributed by atoms with Gasteiger partial charge in [0.1, 0.15) is 0 Å². The van der Waals surface area contributed by atoms with Gasteiger partial charge in [0.25, 0.3) is 5.91 Å². The molecule has 0 spiro atoms. The SMILES string of the molecule is CC1CC(CN)CN1C(=O)c1cc(I)ccc1Br. The minimum Gasteiger partial charge on any atom is -0.336 e. The third kappa shape index (κ3) is 2.88. The molecule has 1 amide bonds. The van der Waals surface area contributed by atoms with Crippen molar-refractivity contribution in [3.63, 3.8) is 0 Å². The van der Waals surface area contributed by atoms with Gasteiger partial charge < -0.3 is 10.6 Å². The fraction of sp³-hybridized carbons (Fsp3) is 0.462. The van der Waals surface area contributed by atoms with E-state index < -0.39 is 0 Å². The van der Waals surface area contributed by atoms with Crippen molar-refractivity contribution in [2.24, 2.45) is 11.7 Å². The molecular formula is C13H16BrIN2O. The summed E-state index contributed by atoms with van der Waals surface area (Å²) in [6, 6.07) is 6.11. The highest BCUT2D eigenvalue weighted by Gasteiger charge is 2.32. The molecule has 1 aliphatic heterocycles. The zero-order valence-corrected chi connectivity index (χ0v) is 13.9. The fourth-order valence-electron chi connectivity index (χ4n) is 2.41. The van der Waals surface area contributed by atoms with Gasteiger partial charge in [-0.1, -0.05) is 0 Å². The first-order valence-electron chi connectivity index (χ1n) is 5.99. The summed E-state index contributed by atoms with van der Waals surface area (Å²) in [4.78, 5) is 14.5. The van der Waals surface area contributed by atoms with E-state index in [2.05, 4.69) is 45.4 Å². The van der Waals surface area contributed by atoms with Crippen molar-refractivity contribution in [1.29, 1.82) is 0 Å². The van der Waals surface area contributed by atoms with E-state index in [1.807, 2.05) is 23.1 Å². The predicted molar refractivity (Wildman–Crippen MR) is 84.5 cm³/mol. The van der Waals surface area contributed by atoms with Crippen LogP contribution in [-0.2, 0) is 0 Å². The van der Waals surface area contributed by atoms with E-state index in [-0.39, 0.29) is 11.9 Å². The molecule has 0 aromatic heterocycles. The van der Waals surface area contributed by atoms with Crippen LogP contribution in [0.25, 0.3) is 0 Å². The molecule has 1 aromatic carbocycles. The van der Waals surface area contributed by atoms with Crippen LogP contribution < -0.4 is 5.73 Å². The monoisotopic (exact) mass is 422 g/mol.